The molecule has 0 heterocycles. The number of primary amides is 1. The van der Waals surface area contributed by atoms with Gasteiger partial charge in [-0.2, -0.15) is 0 Å². The van der Waals surface area contributed by atoms with Crippen LogP contribution in [0.5, 0.6) is 0 Å². The van der Waals surface area contributed by atoms with Crippen molar-refractivity contribution in [3.63, 3.8) is 0 Å². The fraction of sp³-hybridized carbons (Fsp3) is 0.429. The molecule has 20 heavy (non-hydrogen) atoms. The lowest BCUT2D eigenvalue weighted by Gasteiger charge is -2.11. The van der Waals surface area contributed by atoms with Crippen molar-refractivity contribution >= 4 is 24.4 Å². The second-order valence-electron chi connectivity index (χ2n) is 4.54. The monoisotopic (exact) mass is 295 g/mol. The summed E-state index contributed by atoms with van der Waals surface area (Å²) < 4.78 is 0. The molecule has 1 atom stereocenters. The fourth-order valence-corrected chi connectivity index (χ4v) is 1.97. The number of carbonyl (C=O) groups excluding carboxylic acids is 2. The van der Waals surface area contributed by atoms with Crippen molar-refractivity contribution in [3.05, 3.63) is 29.8 Å². The van der Waals surface area contributed by atoms with Crippen molar-refractivity contribution in [1.82, 2.24) is 10.6 Å². The minimum atomic E-state index is -0.344. The highest BCUT2D eigenvalue weighted by molar-refractivity contribution is 7.80. The van der Waals surface area contributed by atoms with Crippen LogP contribution >= 0.6 is 12.6 Å². The molecule has 2 amide bonds. The molecule has 4 N–H and O–H groups in total. The number of benzene rings is 1. The van der Waals surface area contributed by atoms with E-state index in [0.717, 1.165) is 17.7 Å². The first kappa shape index (κ1) is 16.5. The van der Waals surface area contributed by atoms with Gasteiger partial charge in [0.25, 0.3) is 5.91 Å². The summed E-state index contributed by atoms with van der Waals surface area (Å²) in [6.07, 6.45) is 2.31. The maximum absolute atomic E-state index is 11.8. The van der Waals surface area contributed by atoms with Crippen LogP contribution in [-0.2, 0) is 4.79 Å². The third kappa shape index (κ3) is 5.63. The summed E-state index contributed by atoms with van der Waals surface area (Å²) in [6.45, 7) is 0.580. The van der Waals surface area contributed by atoms with Gasteiger partial charge in [-0.3, -0.25) is 9.59 Å². The highest BCUT2D eigenvalue weighted by Gasteiger charge is 2.11. The molecule has 1 aromatic carbocycles. The van der Waals surface area contributed by atoms with Crippen LogP contribution in [0.15, 0.2) is 29.2 Å². The van der Waals surface area contributed by atoms with Crippen molar-refractivity contribution in [3.8, 4) is 0 Å². The molecule has 0 spiro atoms. The summed E-state index contributed by atoms with van der Waals surface area (Å²) in [4.78, 5) is 23.6. The van der Waals surface area contributed by atoms with E-state index in [4.69, 9.17) is 5.73 Å². The molecule has 0 saturated carbocycles. The van der Waals surface area contributed by atoms with Crippen LogP contribution in [0.3, 0.4) is 0 Å². The number of hydrogen-bond donors (Lipinski definition) is 4. The van der Waals surface area contributed by atoms with Crippen molar-refractivity contribution in [2.45, 2.75) is 30.2 Å². The molecule has 1 rings (SSSR count). The summed E-state index contributed by atoms with van der Waals surface area (Å²) in [5, 5.41) is 5.70. The maximum atomic E-state index is 11.8. The van der Waals surface area contributed by atoms with E-state index in [1.165, 1.54) is 0 Å². The Morgan fingerprint density at radius 1 is 1.25 bits per heavy atom. The molecule has 0 bridgehead atoms. The Morgan fingerprint density at radius 2 is 1.90 bits per heavy atom. The van der Waals surface area contributed by atoms with Gasteiger partial charge in [0.05, 0.1) is 6.04 Å². The lowest BCUT2D eigenvalue weighted by molar-refractivity contribution is -0.120. The Balaban J connectivity index is 2.22. The molecule has 6 heteroatoms. The minimum absolute atomic E-state index is 0.0987. The normalized spacial score (nSPS) is 11.9. The molecule has 0 aliphatic rings. The Labute approximate surface area is 124 Å². The first-order chi connectivity index (χ1) is 9.54. The van der Waals surface area contributed by atoms with Crippen molar-refractivity contribution in [2.75, 3.05) is 13.6 Å². The van der Waals surface area contributed by atoms with Gasteiger partial charge in [-0.15, -0.1) is 12.6 Å². The van der Waals surface area contributed by atoms with E-state index < -0.39 is 0 Å². The Morgan fingerprint density at radius 3 is 2.45 bits per heavy atom. The average Bonchev–Trinajstić information content (AvgIpc) is 2.42. The topological polar surface area (TPSA) is 84.2 Å². The number of nitrogens with one attached hydrogen (secondary N) is 2. The molecule has 0 aromatic heterocycles. The number of amides is 2. The third-order valence-corrected chi connectivity index (χ3v) is 3.32. The summed E-state index contributed by atoms with van der Waals surface area (Å²) in [5.74, 6) is -0.443. The molecule has 0 saturated heterocycles. The molecule has 0 fully saturated rings. The number of hydrogen-bond acceptors (Lipinski definition) is 4. The van der Waals surface area contributed by atoms with Gasteiger partial charge >= 0.3 is 0 Å². The molecule has 1 unspecified atom stereocenters. The highest BCUT2D eigenvalue weighted by atomic mass is 32.1. The molecule has 0 radical (unpaired) electrons. The number of rotatable bonds is 8. The molecular weight excluding hydrogens is 274 g/mol. The molecule has 110 valence electrons. The van der Waals surface area contributed by atoms with Crippen molar-refractivity contribution in [2.24, 2.45) is 5.73 Å². The van der Waals surface area contributed by atoms with E-state index in [-0.39, 0.29) is 17.9 Å². The second kappa shape index (κ2) is 8.60. The fourth-order valence-electron chi connectivity index (χ4n) is 1.82. The van der Waals surface area contributed by atoms with Gasteiger partial charge in [-0.25, -0.2) is 0 Å². The van der Waals surface area contributed by atoms with E-state index in [9.17, 15) is 9.59 Å². The van der Waals surface area contributed by atoms with E-state index in [1.54, 1.807) is 31.3 Å². The van der Waals surface area contributed by atoms with Crippen molar-refractivity contribution in [1.29, 1.82) is 0 Å². The van der Waals surface area contributed by atoms with Gasteiger partial charge in [-0.1, -0.05) is 0 Å². The van der Waals surface area contributed by atoms with E-state index in [1.807, 2.05) is 0 Å². The second-order valence-corrected chi connectivity index (χ2v) is 5.06. The number of likely N-dealkylation sites (N-methyl/N-ethyl adjacent to an activating group) is 1. The van der Waals surface area contributed by atoms with Crippen LogP contribution < -0.4 is 16.4 Å². The largest absolute Gasteiger partial charge is 0.368 e. The summed E-state index contributed by atoms with van der Waals surface area (Å²) in [7, 11) is 1.71. The third-order valence-electron chi connectivity index (χ3n) is 3.03. The van der Waals surface area contributed by atoms with Crippen LogP contribution in [0.25, 0.3) is 0 Å². The van der Waals surface area contributed by atoms with Crippen LogP contribution in [0, 0.1) is 0 Å². The van der Waals surface area contributed by atoms with Crippen molar-refractivity contribution < 1.29 is 9.59 Å². The standard InChI is InChI=1S/C14H21N3O2S/c1-16-12(13(15)18)4-2-3-9-17-14(19)10-5-7-11(20)8-6-10/h5-8,12,16,20H,2-4,9H2,1H3,(H2,15,18)(H,17,19). The molecule has 0 aliphatic carbocycles. The van der Waals surface area contributed by atoms with Crippen LogP contribution in [0.4, 0.5) is 0 Å². The summed E-state index contributed by atoms with van der Waals surface area (Å²) in [6, 6.07) is 6.74. The summed E-state index contributed by atoms with van der Waals surface area (Å²) in [5.41, 5.74) is 5.84. The first-order valence-corrected chi connectivity index (χ1v) is 7.03. The quantitative estimate of drug-likeness (QED) is 0.425. The van der Waals surface area contributed by atoms with Gasteiger partial charge in [0.1, 0.15) is 0 Å². The lowest BCUT2D eigenvalue weighted by Crippen LogP contribution is -2.39. The van der Waals surface area contributed by atoms with E-state index >= 15 is 0 Å². The zero-order chi connectivity index (χ0) is 15.0. The molecule has 1 aromatic rings. The maximum Gasteiger partial charge on any atom is 0.251 e. The lowest BCUT2D eigenvalue weighted by atomic mass is 10.1. The van der Waals surface area contributed by atoms with Crippen LogP contribution in [0.2, 0.25) is 0 Å². The number of unbranched alkanes of at least 4 members (excludes halogenated alkanes) is 1. The SMILES string of the molecule is CNC(CCCCNC(=O)c1ccc(S)cc1)C(N)=O. The first-order valence-electron chi connectivity index (χ1n) is 6.58. The zero-order valence-corrected chi connectivity index (χ0v) is 12.5. The Hall–Kier alpha value is -1.53. The Kier molecular flexibility index (Phi) is 7.11. The number of thiol groups is 1. The number of carbonyl (C=O) groups is 2. The van der Waals surface area contributed by atoms with E-state index in [2.05, 4.69) is 23.3 Å². The average molecular weight is 295 g/mol. The minimum Gasteiger partial charge on any atom is -0.368 e. The molecule has 0 aliphatic heterocycles. The van der Waals surface area contributed by atoms with Crippen LogP contribution in [0.1, 0.15) is 29.6 Å². The number of nitrogens with two attached hydrogens (primary N) is 1. The summed E-state index contributed by atoms with van der Waals surface area (Å²) >= 11 is 4.17. The smallest absolute Gasteiger partial charge is 0.251 e. The molecule has 5 nitrogen and oxygen atoms in total. The van der Waals surface area contributed by atoms with Gasteiger partial charge < -0.3 is 16.4 Å². The predicted octanol–water partition coefficient (Wildman–Crippen LogP) is 0.949. The predicted molar refractivity (Wildman–Crippen MR) is 81.9 cm³/mol. The molecular formula is C14H21N3O2S. The van der Waals surface area contributed by atoms with E-state index in [0.29, 0.717) is 18.5 Å². The Bertz CT molecular complexity index is 448. The van der Waals surface area contributed by atoms with Gasteiger partial charge in [0, 0.05) is 17.0 Å². The van der Waals surface area contributed by atoms with Crippen LogP contribution in [-0.4, -0.2) is 31.4 Å². The highest BCUT2D eigenvalue weighted by Crippen LogP contribution is 2.07. The van der Waals surface area contributed by atoms with Gasteiger partial charge in [0.15, 0.2) is 0 Å². The van der Waals surface area contributed by atoms with Gasteiger partial charge in [0.2, 0.25) is 5.91 Å². The van der Waals surface area contributed by atoms with Gasteiger partial charge in [-0.05, 0) is 50.6 Å². The zero-order valence-electron chi connectivity index (χ0n) is 11.6.